The maximum absolute atomic E-state index is 12.1. The zero-order valence-electron chi connectivity index (χ0n) is 15.9. The Balaban J connectivity index is 1.50. The molecule has 30 heavy (non-hydrogen) atoms. The van der Waals surface area contributed by atoms with Crippen LogP contribution in [0.1, 0.15) is 16.2 Å². The summed E-state index contributed by atoms with van der Waals surface area (Å²) in [6.45, 7) is 0.201. The van der Waals surface area contributed by atoms with Crippen LogP contribution in [0, 0.1) is 10.1 Å². The van der Waals surface area contributed by atoms with Crippen LogP contribution in [0.15, 0.2) is 59.8 Å². The molecular formula is C19H18N6O4S. The van der Waals surface area contributed by atoms with E-state index in [0.29, 0.717) is 22.2 Å². The van der Waals surface area contributed by atoms with E-state index in [2.05, 4.69) is 20.8 Å². The van der Waals surface area contributed by atoms with Crippen molar-refractivity contribution in [3.8, 4) is 0 Å². The number of amides is 2. The van der Waals surface area contributed by atoms with E-state index in [1.54, 1.807) is 35.9 Å². The average Bonchev–Trinajstić information content (AvgIpc) is 3.11. The molecule has 10 nitrogen and oxygen atoms in total. The van der Waals surface area contributed by atoms with Crippen molar-refractivity contribution < 1.29 is 14.5 Å². The minimum atomic E-state index is -0.505. The highest BCUT2D eigenvalue weighted by Crippen LogP contribution is 2.18. The highest BCUT2D eigenvalue weighted by molar-refractivity contribution is 7.99. The highest BCUT2D eigenvalue weighted by Gasteiger charge is 2.13. The number of hydrogen-bond acceptors (Lipinski definition) is 7. The second kappa shape index (κ2) is 9.65. The van der Waals surface area contributed by atoms with E-state index in [1.807, 2.05) is 6.07 Å². The van der Waals surface area contributed by atoms with E-state index in [-0.39, 0.29) is 29.8 Å². The molecule has 3 rings (SSSR count). The molecule has 2 aromatic carbocycles. The Bertz CT molecular complexity index is 1050. The third-order valence-electron chi connectivity index (χ3n) is 4.06. The molecule has 0 spiro atoms. The number of nitro groups is 1. The summed E-state index contributed by atoms with van der Waals surface area (Å²) in [4.78, 5) is 34.4. The van der Waals surface area contributed by atoms with E-state index in [0.717, 1.165) is 0 Å². The molecule has 0 unspecified atom stereocenters. The monoisotopic (exact) mass is 426 g/mol. The molecule has 1 aromatic heterocycles. The molecule has 0 saturated carbocycles. The van der Waals surface area contributed by atoms with E-state index >= 15 is 0 Å². The molecule has 0 aliphatic rings. The molecule has 0 aliphatic carbocycles. The Hall–Kier alpha value is -3.73. The minimum Gasteiger partial charge on any atom is -0.345 e. The molecule has 0 radical (unpaired) electrons. The van der Waals surface area contributed by atoms with Gasteiger partial charge in [-0.3, -0.25) is 19.7 Å². The lowest BCUT2D eigenvalue weighted by Crippen LogP contribution is -2.24. The maximum Gasteiger partial charge on any atom is 0.269 e. The molecule has 0 saturated heterocycles. The predicted molar refractivity (Wildman–Crippen MR) is 111 cm³/mol. The lowest BCUT2D eigenvalue weighted by molar-refractivity contribution is -0.384. The molecule has 0 bridgehead atoms. The summed E-state index contributed by atoms with van der Waals surface area (Å²) < 4.78 is 1.70. The first kappa shape index (κ1) is 21.0. The van der Waals surface area contributed by atoms with Gasteiger partial charge in [0.15, 0.2) is 11.0 Å². The molecule has 2 N–H and O–H groups in total. The Morgan fingerprint density at radius 3 is 2.47 bits per heavy atom. The largest absolute Gasteiger partial charge is 0.345 e. The van der Waals surface area contributed by atoms with Crippen LogP contribution in [0.5, 0.6) is 0 Å². The molecule has 0 fully saturated rings. The molecule has 3 aromatic rings. The number of nitrogens with one attached hydrogen (secondary N) is 2. The molecule has 2 amide bonds. The number of aromatic nitrogens is 3. The van der Waals surface area contributed by atoms with Crippen LogP contribution in [0.4, 0.5) is 11.4 Å². The van der Waals surface area contributed by atoms with Gasteiger partial charge in [0.25, 0.3) is 11.6 Å². The van der Waals surface area contributed by atoms with Gasteiger partial charge in [-0.2, -0.15) is 0 Å². The zero-order valence-corrected chi connectivity index (χ0v) is 16.8. The number of thioether (sulfide) groups is 1. The van der Waals surface area contributed by atoms with Crippen LogP contribution in [0.25, 0.3) is 0 Å². The minimum absolute atomic E-state index is 0.0478. The lowest BCUT2D eigenvalue weighted by Gasteiger charge is -2.07. The smallest absolute Gasteiger partial charge is 0.269 e. The number of carbonyl (C=O) groups excluding carboxylic acids is 2. The number of rotatable bonds is 8. The van der Waals surface area contributed by atoms with Gasteiger partial charge in [-0.15, -0.1) is 10.2 Å². The number of nitro benzene ring substituents is 1. The quantitative estimate of drug-likeness (QED) is 0.321. The number of anilines is 1. The van der Waals surface area contributed by atoms with E-state index in [9.17, 15) is 19.7 Å². The Morgan fingerprint density at radius 2 is 1.80 bits per heavy atom. The lowest BCUT2D eigenvalue weighted by atomic mass is 10.2. The van der Waals surface area contributed by atoms with Crippen LogP contribution in [-0.2, 0) is 18.4 Å². The van der Waals surface area contributed by atoms with Crippen LogP contribution < -0.4 is 10.6 Å². The van der Waals surface area contributed by atoms with Crippen molar-refractivity contribution in [2.45, 2.75) is 11.7 Å². The summed E-state index contributed by atoms with van der Waals surface area (Å²) >= 11 is 1.19. The van der Waals surface area contributed by atoms with Crippen molar-refractivity contribution in [2.24, 2.45) is 7.05 Å². The first-order chi connectivity index (χ1) is 14.4. The fourth-order valence-electron chi connectivity index (χ4n) is 2.47. The molecule has 0 atom stereocenters. The Labute approximate surface area is 175 Å². The molecule has 1 heterocycles. The summed E-state index contributed by atoms with van der Waals surface area (Å²) in [5.41, 5.74) is 0.971. The number of carbonyl (C=O) groups is 2. The number of nitrogens with zero attached hydrogens (tertiary/aromatic N) is 4. The van der Waals surface area contributed by atoms with Crippen molar-refractivity contribution in [3.05, 3.63) is 76.1 Å². The highest BCUT2D eigenvalue weighted by atomic mass is 32.2. The fourth-order valence-corrected chi connectivity index (χ4v) is 3.20. The second-order valence-electron chi connectivity index (χ2n) is 6.15. The van der Waals surface area contributed by atoms with Crippen molar-refractivity contribution >= 4 is 35.0 Å². The number of non-ortho nitro benzene ring substituents is 1. The van der Waals surface area contributed by atoms with Crippen LogP contribution in [0.3, 0.4) is 0 Å². The summed E-state index contributed by atoms with van der Waals surface area (Å²) in [6, 6.07) is 14.4. The standard InChI is InChI=1S/C19H18N6O4S/c1-24-16(11-20-18(27)13-5-3-2-4-6-13)22-23-19(24)30-12-17(26)21-14-7-9-15(10-8-14)25(28)29/h2-10H,11-12H2,1H3,(H,20,27)(H,21,26). The van der Waals surface area contributed by atoms with E-state index in [4.69, 9.17) is 0 Å². The van der Waals surface area contributed by atoms with Crippen molar-refractivity contribution in [1.29, 1.82) is 0 Å². The van der Waals surface area contributed by atoms with Gasteiger partial charge < -0.3 is 15.2 Å². The van der Waals surface area contributed by atoms with Crippen LogP contribution in [-0.4, -0.2) is 37.3 Å². The number of benzene rings is 2. The van der Waals surface area contributed by atoms with Gasteiger partial charge in [-0.1, -0.05) is 30.0 Å². The summed E-state index contributed by atoms with van der Waals surface area (Å²) in [5.74, 6) is 0.142. The van der Waals surface area contributed by atoms with Gasteiger partial charge in [0.05, 0.1) is 17.2 Å². The zero-order chi connectivity index (χ0) is 21.5. The summed E-state index contributed by atoms with van der Waals surface area (Å²) in [5, 5.41) is 24.7. The summed E-state index contributed by atoms with van der Waals surface area (Å²) in [6.07, 6.45) is 0. The van der Waals surface area contributed by atoms with Gasteiger partial charge in [-0.25, -0.2) is 0 Å². The van der Waals surface area contributed by atoms with Crippen molar-refractivity contribution in [2.75, 3.05) is 11.1 Å². The molecule has 154 valence electrons. The Kier molecular flexibility index (Phi) is 6.75. The molecular weight excluding hydrogens is 408 g/mol. The van der Waals surface area contributed by atoms with Gasteiger partial charge in [0.2, 0.25) is 5.91 Å². The SMILES string of the molecule is Cn1c(CNC(=O)c2ccccc2)nnc1SCC(=O)Nc1ccc([N+](=O)[O-])cc1. The topological polar surface area (TPSA) is 132 Å². The first-order valence-corrected chi connectivity index (χ1v) is 9.81. The second-order valence-corrected chi connectivity index (χ2v) is 7.09. The van der Waals surface area contributed by atoms with Crippen molar-refractivity contribution in [3.63, 3.8) is 0 Å². The van der Waals surface area contributed by atoms with E-state index in [1.165, 1.54) is 36.0 Å². The third-order valence-corrected chi connectivity index (χ3v) is 5.08. The van der Waals surface area contributed by atoms with Gasteiger partial charge in [0.1, 0.15) is 0 Å². The fraction of sp³-hybridized carbons (Fsp3) is 0.158. The normalized spacial score (nSPS) is 10.4. The maximum atomic E-state index is 12.1. The van der Waals surface area contributed by atoms with Crippen LogP contribution in [0.2, 0.25) is 0 Å². The molecule has 0 aliphatic heterocycles. The van der Waals surface area contributed by atoms with Crippen LogP contribution >= 0.6 is 11.8 Å². The van der Waals surface area contributed by atoms with Gasteiger partial charge in [0, 0.05) is 30.4 Å². The average molecular weight is 426 g/mol. The van der Waals surface area contributed by atoms with E-state index < -0.39 is 4.92 Å². The molecule has 11 heteroatoms. The third kappa shape index (κ3) is 5.41. The van der Waals surface area contributed by atoms with Gasteiger partial charge >= 0.3 is 0 Å². The Morgan fingerprint density at radius 1 is 1.10 bits per heavy atom. The first-order valence-electron chi connectivity index (χ1n) is 8.82. The predicted octanol–water partition coefficient (Wildman–Crippen LogP) is 2.38. The number of hydrogen-bond donors (Lipinski definition) is 2. The van der Waals surface area contributed by atoms with Gasteiger partial charge in [-0.05, 0) is 24.3 Å². The summed E-state index contributed by atoms with van der Waals surface area (Å²) in [7, 11) is 1.75. The van der Waals surface area contributed by atoms with Crippen molar-refractivity contribution in [1.82, 2.24) is 20.1 Å².